The third-order valence-corrected chi connectivity index (χ3v) is 5.28. The Labute approximate surface area is 149 Å². The highest BCUT2D eigenvalue weighted by molar-refractivity contribution is 5.94. The topological polar surface area (TPSA) is 58.4 Å². The summed E-state index contributed by atoms with van der Waals surface area (Å²) >= 11 is 0. The molecule has 0 N–H and O–H groups in total. The first-order valence-electron chi connectivity index (χ1n) is 8.87. The van der Waals surface area contributed by atoms with Crippen molar-refractivity contribution in [1.29, 1.82) is 5.26 Å². The number of hydrogen-bond acceptors (Lipinski definition) is 5. The highest BCUT2D eigenvalue weighted by Gasteiger charge is 2.26. The zero-order valence-electron chi connectivity index (χ0n) is 15.2. The Hall–Kier alpha value is -2.48. The molecule has 1 aliphatic heterocycles. The number of ether oxygens (including phenoxy) is 2. The van der Waals surface area contributed by atoms with Gasteiger partial charge in [0, 0.05) is 42.3 Å². The molecule has 1 aliphatic rings. The Bertz CT molecular complexity index is 776. The maximum atomic E-state index is 9.31. The number of hydrogen-bond donors (Lipinski definition) is 0. The van der Waals surface area contributed by atoms with Gasteiger partial charge in [0.25, 0.3) is 0 Å². The summed E-state index contributed by atoms with van der Waals surface area (Å²) in [6.07, 6.45) is 4.91. The van der Waals surface area contributed by atoms with E-state index in [9.17, 15) is 5.26 Å². The quantitative estimate of drug-likeness (QED) is 0.823. The van der Waals surface area contributed by atoms with Crippen LogP contribution in [0.2, 0.25) is 0 Å². The minimum Gasteiger partial charge on any atom is -0.493 e. The van der Waals surface area contributed by atoms with Crippen molar-refractivity contribution in [2.24, 2.45) is 11.8 Å². The fourth-order valence-corrected chi connectivity index (χ4v) is 3.81. The molecule has 25 heavy (non-hydrogen) atoms. The Kier molecular flexibility index (Phi) is 5.28. The van der Waals surface area contributed by atoms with Crippen LogP contribution in [0, 0.1) is 23.2 Å². The molecule has 2 heterocycles. The number of benzene rings is 1. The summed E-state index contributed by atoms with van der Waals surface area (Å²) in [4.78, 5) is 6.88. The second-order valence-electron chi connectivity index (χ2n) is 6.52. The highest BCUT2D eigenvalue weighted by Crippen LogP contribution is 2.37. The molecule has 1 saturated heterocycles. The largest absolute Gasteiger partial charge is 0.493 e. The lowest BCUT2D eigenvalue weighted by molar-refractivity contribution is 0.319. The van der Waals surface area contributed by atoms with Crippen LogP contribution in [-0.2, 0) is 0 Å². The van der Waals surface area contributed by atoms with Crippen molar-refractivity contribution in [3.8, 4) is 17.6 Å². The van der Waals surface area contributed by atoms with E-state index in [0.29, 0.717) is 11.7 Å². The minimum atomic E-state index is 0.181. The third kappa shape index (κ3) is 3.34. The SMILES string of the molecule is CCC(C#N)C1CCN(c2ccnc3cc(OC)c(OC)cc23)CC1. The maximum absolute atomic E-state index is 9.31. The molecule has 2 aromatic rings. The van der Waals surface area contributed by atoms with Gasteiger partial charge >= 0.3 is 0 Å². The van der Waals surface area contributed by atoms with Gasteiger partial charge in [0.15, 0.2) is 11.5 Å². The lowest BCUT2D eigenvalue weighted by Crippen LogP contribution is -2.36. The van der Waals surface area contributed by atoms with Crippen molar-refractivity contribution in [1.82, 2.24) is 4.98 Å². The van der Waals surface area contributed by atoms with E-state index in [-0.39, 0.29) is 5.92 Å². The monoisotopic (exact) mass is 339 g/mol. The van der Waals surface area contributed by atoms with Gasteiger partial charge in [-0.05, 0) is 37.3 Å². The zero-order chi connectivity index (χ0) is 17.8. The van der Waals surface area contributed by atoms with E-state index in [0.717, 1.165) is 49.0 Å². The lowest BCUT2D eigenvalue weighted by atomic mass is 9.83. The van der Waals surface area contributed by atoms with Crippen molar-refractivity contribution in [2.45, 2.75) is 26.2 Å². The first kappa shape index (κ1) is 17.3. The van der Waals surface area contributed by atoms with Gasteiger partial charge in [-0.2, -0.15) is 5.26 Å². The predicted molar refractivity (Wildman–Crippen MR) is 99.2 cm³/mol. The average Bonchev–Trinajstić information content (AvgIpc) is 2.68. The van der Waals surface area contributed by atoms with Gasteiger partial charge in [-0.25, -0.2) is 0 Å². The van der Waals surface area contributed by atoms with E-state index in [1.54, 1.807) is 14.2 Å². The molecule has 3 rings (SSSR count). The molecule has 1 aromatic carbocycles. The summed E-state index contributed by atoms with van der Waals surface area (Å²) in [7, 11) is 3.29. The Balaban J connectivity index is 1.88. The zero-order valence-corrected chi connectivity index (χ0v) is 15.2. The summed E-state index contributed by atoms with van der Waals surface area (Å²) in [6.45, 7) is 4.04. The molecule has 0 aliphatic carbocycles. The molecule has 0 saturated carbocycles. The molecular formula is C20H25N3O2. The van der Waals surface area contributed by atoms with Crippen molar-refractivity contribution >= 4 is 16.6 Å². The van der Waals surface area contributed by atoms with Gasteiger partial charge in [0.2, 0.25) is 0 Å². The van der Waals surface area contributed by atoms with E-state index in [2.05, 4.69) is 28.9 Å². The van der Waals surface area contributed by atoms with Crippen molar-refractivity contribution in [3.05, 3.63) is 24.4 Å². The number of rotatable bonds is 5. The smallest absolute Gasteiger partial charge is 0.162 e. The van der Waals surface area contributed by atoms with Crippen molar-refractivity contribution in [3.63, 3.8) is 0 Å². The molecule has 0 spiro atoms. The van der Waals surface area contributed by atoms with Crippen LogP contribution in [0.1, 0.15) is 26.2 Å². The van der Waals surface area contributed by atoms with Crippen LogP contribution in [0.3, 0.4) is 0 Å². The number of nitrogens with zero attached hydrogens (tertiary/aromatic N) is 3. The van der Waals surface area contributed by atoms with E-state index in [1.165, 1.54) is 5.69 Å². The molecule has 1 fully saturated rings. The van der Waals surface area contributed by atoms with Crippen LogP contribution in [0.25, 0.3) is 10.9 Å². The Morgan fingerprint density at radius 2 is 1.92 bits per heavy atom. The number of methoxy groups -OCH3 is 2. The second-order valence-corrected chi connectivity index (χ2v) is 6.52. The number of pyridine rings is 1. The number of anilines is 1. The van der Waals surface area contributed by atoms with Crippen LogP contribution in [-0.4, -0.2) is 32.3 Å². The van der Waals surface area contributed by atoms with Gasteiger partial charge < -0.3 is 14.4 Å². The van der Waals surface area contributed by atoms with Crippen LogP contribution >= 0.6 is 0 Å². The molecule has 0 radical (unpaired) electrons. The Morgan fingerprint density at radius 3 is 2.52 bits per heavy atom. The van der Waals surface area contributed by atoms with Crippen LogP contribution in [0.15, 0.2) is 24.4 Å². The number of piperidine rings is 1. The molecule has 0 amide bonds. The third-order valence-electron chi connectivity index (χ3n) is 5.28. The van der Waals surface area contributed by atoms with Crippen molar-refractivity contribution in [2.75, 3.05) is 32.2 Å². The molecular weight excluding hydrogens is 314 g/mol. The van der Waals surface area contributed by atoms with Gasteiger partial charge in [-0.1, -0.05) is 6.92 Å². The molecule has 1 unspecified atom stereocenters. The van der Waals surface area contributed by atoms with Crippen LogP contribution in [0.5, 0.6) is 11.5 Å². The van der Waals surface area contributed by atoms with Gasteiger partial charge in [-0.15, -0.1) is 0 Å². The predicted octanol–water partition coefficient (Wildman–Crippen LogP) is 4.02. The molecule has 0 bridgehead atoms. The van der Waals surface area contributed by atoms with Gasteiger partial charge in [-0.3, -0.25) is 4.98 Å². The van der Waals surface area contributed by atoms with Crippen molar-refractivity contribution < 1.29 is 9.47 Å². The summed E-state index contributed by atoms with van der Waals surface area (Å²) in [5.41, 5.74) is 2.08. The van der Waals surface area contributed by atoms with E-state index in [4.69, 9.17) is 9.47 Å². The summed E-state index contributed by atoms with van der Waals surface area (Å²) in [5, 5.41) is 10.4. The number of aromatic nitrogens is 1. The first-order valence-corrected chi connectivity index (χ1v) is 8.87. The summed E-state index contributed by atoms with van der Waals surface area (Å²) < 4.78 is 10.8. The molecule has 1 aromatic heterocycles. The van der Waals surface area contributed by atoms with Gasteiger partial charge in [0.05, 0.1) is 25.8 Å². The summed E-state index contributed by atoms with van der Waals surface area (Å²) in [6, 6.07) is 8.47. The lowest BCUT2D eigenvalue weighted by Gasteiger charge is -2.35. The molecule has 5 nitrogen and oxygen atoms in total. The van der Waals surface area contributed by atoms with E-state index >= 15 is 0 Å². The number of nitriles is 1. The molecule has 1 atom stereocenters. The molecule has 5 heteroatoms. The van der Waals surface area contributed by atoms with Crippen LogP contribution < -0.4 is 14.4 Å². The number of fused-ring (bicyclic) bond motifs is 1. The van der Waals surface area contributed by atoms with E-state index in [1.807, 2.05) is 18.3 Å². The highest BCUT2D eigenvalue weighted by atomic mass is 16.5. The summed E-state index contributed by atoms with van der Waals surface area (Å²) in [5.74, 6) is 2.10. The van der Waals surface area contributed by atoms with E-state index < -0.39 is 0 Å². The standard InChI is InChI=1S/C20H25N3O2/c1-4-14(13-21)15-6-9-23(10-7-15)18-5-8-22-17-12-20(25-3)19(24-2)11-16(17)18/h5,8,11-12,14-15H,4,6-7,9-10H2,1-3H3. The first-order chi connectivity index (χ1) is 12.2. The minimum absolute atomic E-state index is 0.181. The Morgan fingerprint density at radius 1 is 1.24 bits per heavy atom. The van der Waals surface area contributed by atoms with Gasteiger partial charge in [0.1, 0.15) is 0 Å². The fourth-order valence-electron chi connectivity index (χ4n) is 3.81. The fraction of sp³-hybridized carbons (Fsp3) is 0.500. The molecule has 132 valence electrons. The average molecular weight is 339 g/mol. The normalized spacial score (nSPS) is 16.5. The van der Waals surface area contributed by atoms with Crippen LogP contribution in [0.4, 0.5) is 5.69 Å². The maximum Gasteiger partial charge on any atom is 0.162 e. The second kappa shape index (κ2) is 7.60.